The van der Waals surface area contributed by atoms with Crippen molar-refractivity contribution in [2.24, 2.45) is 17.8 Å². The number of ether oxygens (including phenoxy) is 1. The van der Waals surface area contributed by atoms with Crippen molar-refractivity contribution in [1.82, 2.24) is 20.0 Å². The van der Waals surface area contributed by atoms with Gasteiger partial charge in [0.25, 0.3) is 0 Å². The third-order valence-corrected chi connectivity index (χ3v) is 10.2. The zero-order valence-corrected chi connectivity index (χ0v) is 24.1. The highest BCUT2D eigenvalue weighted by Crippen LogP contribution is 2.51. The van der Waals surface area contributed by atoms with Crippen LogP contribution in [0.1, 0.15) is 50.5 Å². The lowest BCUT2D eigenvalue weighted by molar-refractivity contribution is 0.0118. The van der Waals surface area contributed by atoms with Crippen LogP contribution < -0.4 is 5.32 Å². The van der Waals surface area contributed by atoms with E-state index in [-0.39, 0.29) is 29.3 Å². The van der Waals surface area contributed by atoms with Crippen LogP contribution in [0.5, 0.6) is 0 Å². The molecule has 0 radical (unpaired) electrons. The van der Waals surface area contributed by atoms with Gasteiger partial charge in [0.1, 0.15) is 5.82 Å². The molecule has 40 heavy (non-hydrogen) atoms. The summed E-state index contributed by atoms with van der Waals surface area (Å²) in [4.78, 5) is 20.0. The van der Waals surface area contributed by atoms with Crippen LogP contribution in [-0.4, -0.2) is 92.8 Å². The third-order valence-electron chi connectivity index (χ3n) is 10.2. The predicted octanol–water partition coefficient (Wildman–Crippen LogP) is 4.41. The van der Waals surface area contributed by atoms with Crippen LogP contribution in [0.25, 0.3) is 0 Å². The van der Waals surface area contributed by atoms with Gasteiger partial charge in [0.2, 0.25) is 0 Å². The molecule has 7 nitrogen and oxygen atoms in total. The second-order valence-corrected chi connectivity index (χ2v) is 12.6. The molecule has 1 aromatic carbocycles. The van der Waals surface area contributed by atoms with E-state index >= 15 is 0 Å². The Labute approximate surface area is 239 Å². The summed E-state index contributed by atoms with van der Waals surface area (Å²) < 4.78 is 19.8. The van der Waals surface area contributed by atoms with Gasteiger partial charge in [-0.1, -0.05) is 25.1 Å². The summed E-state index contributed by atoms with van der Waals surface area (Å²) in [5, 5.41) is 12.1. The number of piperidine rings is 1. The van der Waals surface area contributed by atoms with E-state index in [1.165, 1.54) is 13.5 Å². The Morgan fingerprint density at radius 1 is 1.12 bits per heavy atom. The Kier molecular flexibility index (Phi) is 9.45. The minimum Gasteiger partial charge on any atom is -0.453 e. The number of nitrogens with one attached hydrogen (secondary N) is 1. The van der Waals surface area contributed by atoms with Crippen molar-refractivity contribution in [2.45, 2.75) is 56.4 Å². The SMILES string of the molecule is C=C(C#N)CCN1CC(CN2CCC([C@@](CN3CCC3)(c3cccc(F)c3)[C@H]3CCC[C@@H]3NC(=O)OC)CC2)C1. The van der Waals surface area contributed by atoms with Gasteiger partial charge in [-0.2, -0.15) is 5.26 Å². The van der Waals surface area contributed by atoms with Gasteiger partial charge in [-0.3, -0.25) is 0 Å². The number of nitriles is 1. The summed E-state index contributed by atoms with van der Waals surface area (Å²) in [5.41, 5.74) is 1.56. The largest absolute Gasteiger partial charge is 0.453 e. The summed E-state index contributed by atoms with van der Waals surface area (Å²) in [6.07, 6.45) is 6.83. The molecule has 8 heteroatoms. The first-order chi connectivity index (χ1) is 19.4. The molecule has 3 aliphatic heterocycles. The van der Waals surface area contributed by atoms with Gasteiger partial charge in [0, 0.05) is 49.8 Å². The summed E-state index contributed by atoms with van der Waals surface area (Å²) in [6.45, 7) is 13.3. The van der Waals surface area contributed by atoms with Crippen molar-refractivity contribution < 1.29 is 13.9 Å². The van der Waals surface area contributed by atoms with E-state index < -0.39 is 0 Å². The molecular formula is C32H46FN5O2. The number of hydrogen-bond acceptors (Lipinski definition) is 6. The van der Waals surface area contributed by atoms with Gasteiger partial charge in [0.15, 0.2) is 0 Å². The Morgan fingerprint density at radius 2 is 1.90 bits per heavy atom. The first-order valence-electron chi connectivity index (χ1n) is 15.3. The normalized spacial score (nSPS) is 26.3. The first kappa shape index (κ1) is 29.0. The Balaban J connectivity index is 1.31. The Hall–Kier alpha value is -2.47. The average molecular weight is 552 g/mol. The van der Waals surface area contributed by atoms with Crippen molar-refractivity contribution >= 4 is 6.09 Å². The number of amides is 1. The molecule has 4 fully saturated rings. The summed E-state index contributed by atoms with van der Waals surface area (Å²) in [5.74, 6) is 1.18. The quantitative estimate of drug-likeness (QED) is 0.411. The van der Waals surface area contributed by atoms with Crippen molar-refractivity contribution in [2.75, 3.05) is 66.0 Å². The van der Waals surface area contributed by atoms with E-state index in [2.05, 4.69) is 38.7 Å². The molecule has 3 atom stereocenters. The van der Waals surface area contributed by atoms with Crippen LogP contribution >= 0.6 is 0 Å². The topological polar surface area (TPSA) is 71.8 Å². The van der Waals surface area contributed by atoms with Crippen LogP contribution in [0.3, 0.4) is 0 Å². The molecule has 3 saturated heterocycles. The van der Waals surface area contributed by atoms with Crippen LogP contribution in [0.15, 0.2) is 36.4 Å². The highest BCUT2D eigenvalue weighted by atomic mass is 19.1. The molecule has 1 saturated carbocycles. The second kappa shape index (κ2) is 13.0. The van der Waals surface area contributed by atoms with Crippen LogP contribution in [0.4, 0.5) is 9.18 Å². The van der Waals surface area contributed by atoms with E-state index in [0.29, 0.717) is 17.4 Å². The van der Waals surface area contributed by atoms with Crippen LogP contribution in [0, 0.1) is 34.9 Å². The minimum absolute atomic E-state index is 0.0353. The number of rotatable bonds is 11. The molecule has 1 aromatic rings. The number of methoxy groups -OCH3 is 1. The molecule has 0 bridgehead atoms. The zero-order valence-electron chi connectivity index (χ0n) is 24.1. The molecule has 218 valence electrons. The molecule has 3 heterocycles. The van der Waals surface area contributed by atoms with Gasteiger partial charge in [0.05, 0.1) is 13.2 Å². The maximum Gasteiger partial charge on any atom is 0.407 e. The number of hydrogen-bond donors (Lipinski definition) is 1. The molecule has 1 N–H and O–H groups in total. The molecule has 1 amide bonds. The Morgan fingerprint density at radius 3 is 2.55 bits per heavy atom. The van der Waals surface area contributed by atoms with Crippen molar-refractivity contribution in [3.8, 4) is 6.07 Å². The molecule has 5 rings (SSSR count). The molecule has 0 spiro atoms. The van der Waals surface area contributed by atoms with Gasteiger partial charge in [-0.05, 0) is 100 Å². The van der Waals surface area contributed by atoms with E-state index in [0.717, 1.165) is 103 Å². The van der Waals surface area contributed by atoms with E-state index in [1.807, 2.05) is 6.07 Å². The highest BCUT2D eigenvalue weighted by Gasteiger charge is 2.53. The number of carbonyl (C=O) groups excluding carboxylic acids is 1. The number of carbonyl (C=O) groups is 1. The van der Waals surface area contributed by atoms with Crippen molar-refractivity contribution in [1.29, 1.82) is 5.26 Å². The van der Waals surface area contributed by atoms with Crippen molar-refractivity contribution in [3.05, 3.63) is 47.8 Å². The monoisotopic (exact) mass is 551 g/mol. The van der Waals surface area contributed by atoms with Gasteiger partial charge in [-0.15, -0.1) is 0 Å². The maximum absolute atomic E-state index is 14.8. The molecule has 0 aromatic heterocycles. The number of likely N-dealkylation sites (tertiary alicyclic amines) is 3. The first-order valence-corrected chi connectivity index (χ1v) is 15.3. The fourth-order valence-corrected chi connectivity index (χ4v) is 8.06. The van der Waals surface area contributed by atoms with Crippen molar-refractivity contribution in [3.63, 3.8) is 0 Å². The van der Waals surface area contributed by atoms with E-state index in [1.54, 1.807) is 12.1 Å². The van der Waals surface area contributed by atoms with Gasteiger partial charge >= 0.3 is 6.09 Å². The number of nitrogens with zero attached hydrogens (tertiary/aromatic N) is 4. The van der Waals surface area contributed by atoms with E-state index in [4.69, 9.17) is 10.00 Å². The van der Waals surface area contributed by atoms with Gasteiger partial charge < -0.3 is 24.8 Å². The predicted molar refractivity (Wildman–Crippen MR) is 154 cm³/mol. The smallest absolute Gasteiger partial charge is 0.407 e. The molecular weight excluding hydrogens is 505 g/mol. The lowest BCUT2D eigenvalue weighted by Gasteiger charge is -2.54. The Bertz CT molecular complexity index is 1070. The average Bonchev–Trinajstić information content (AvgIpc) is 3.38. The lowest BCUT2D eigenvalue weighted by Crippen LogP contribution is -2.60. The molecule has 4 aliphatic rings. The summed E-state index contributed by atoms with van der Waals surface area (Å²) in [7, 11) is 1.43. The fourth-order valence-electron chi connectivity index (χ4n) is 8.06. The minimum atomic E-state index is -0.365. The number of alkyl carbamates (subject to hydrolysis) is 1. The maximum atomic E-state index is 14.8. The second-order valence-electron chi connectivity index (χ2n) is 12.6. The number of benzene rings is 1. The van der Waals surface area contributed by atoms with E-state index in [9.17, 15) is 9.18 Å². The lowest BCUT2D eigenvalue weighted by atomic mass is 9.57. The highest BCUT2D eigenvalue weighted by molar-refractivity contribution is 5.67. The standard InChI is InChI=1S/C32H46FN5O2/c1-24(19-34)10-15-38-21-25(22-38)20-36-16-11-26(12-17-36)32(23-37-13-5-14-37,27-6-3-7-28(33)18-27)29-8-4-9-30(29)35-31(39)40-2/h3,6-7,18,25-26,29-30H,1,4-5,8-17,20-23H2,2H3,(H,35,39)/t29-,30-,32-/m0/s1. The zero-order chi connectivity index (χ0) is 28.1. The fraction of sp³-hybridized carbons (Fsp3) is 0.688. The van der Waals surface area contributed by atoms with Gasteiger partial charge in [-0.25, -0.2) is 9.18 Å². The van der Waals surface area contributed by atoms with Crippen LogP contribution in [-0.2, 0) is 10.2 Å². The summed E-state index contributed by atoms with van der Waals surface area (Å²) in [6, 6.07) is 9.54. The third kappa shape index (κ3) is 6.37. The summed E-state index contributed by atoms with van der Waals surface area (Å²) >= 11 is 0. The number of halogens is 1. The molecule has 1 aliphatic carbocycles. The molecule has 0 unspecified atom stereocenters. The van der Waals surface area contributed by atoms with Crippen LogP contribution in [0.2, 0.25) is 0 Å².